The molecule has 0 heterocycles. The van der Waals surface area contributed by atoms with E-state index in [1.165, 1.54) is 50.1 Å². The van der Waals surface area contributed by atoms with Crippen LogP contribution in [0.4, 0.5) is 0 Å². The van der Waals surface area contributed by atoms with Gasteiger partial charge in [-0.25, -0.2) is 0 Å². The van der Waals surface area contributed by atoms with Crippen LogP contribution >= 0.6 is 0 Å². The highest BCUT2D eigenvalue weighted by Gasteiger charge is 2.07. The molecule has 0 unspecified atom stereocenters. The fourth-order valence-electron chi connectivity index (χ4n) is 3.37. The van der Waals surface area contributed by atoms with Gasteiger partial charge < -0.3 is 0 Å². The molecule has 0 saturated carbocycles. The lowest BCUT2D eigenvalue weighted by Crippen LogP contribution is -1.87. The SMILES string of the molecule is Cc1ccc(-c2cc(-c3ccc(C)cc3)cc(-c3ccc(C)cc3)c2)cc1. The van der Waals surface area contributed by atoms with Gasteiger partial charge in [0.05, 0.1) is 0 Å². The number of hydrogen-bond donors (Lipinski definition) is 0. The maximum Gasteiger partial charge on any atom is -0.0172 e. The molecule has 132 valence electrons. The van der Waals surface area contributed by atoms with E-state index in [9.17, 15) is 0 Å². The Morgan fingerprint density at radius 2 is 0.519 bits per heavy atom. The van der Waals surface area contributed by atoms with Crippen molar-refractivity contribution in [3.05, 3.63) is 108 Å². The summed E-state index contributed by atoms with van der Waals surface area (Å²) in [5.74, 6) is 0. The summed E-state index contributed by atoms with van der Waals surface area (Å²) in [7, 11) is 0. The highest BCUT2D eigenvalue weighted by Crippen LogP contribution is 2.33. The number of hydrogen-bond acceptors (Lipinski definition) is 0. The molecule has 0 fully saturated rings. The molecule has 0 atom stereocenters. The van der Waals surface area contributed by atoms with E-state index < -0.39 is 0 Å². The summed E-state index contributed by atoms with van der Waals surface area (Å²) in [6, 6.07) is 33.2. The molecular weight excluding hydrogens is 324 g/mol. The van der Waals surface area contributed by atoms with Gasteiger partial charge >= 0.3 is 0 Å². The summed E-state index contributed by atoms with van der Waals surface area (Å²) < 4.78 is 0. The first-order valence-electron chi connectivity index (χ1n) is 9.45. The van der Waals surface area contributed by atoms with Crippen molar-refractivity contribution >= 4 is 0 Å². The van der Waals surface area contributed by atoms with Crippen molar-refractivity contribution in [2.75, 3.05) is 0 Å². The third kappa shape index (κ3) is 3.85. The highest BCUT2D eigenvalue weighted by atomic mass is 14.1. The van der Waals surface area contributed by atoms with E-state index in [0.29, 0.717) is 0 Å². The van der Waals surface area contributed by atoms with Crippen molar-refractivity contribution in [3.63, 3.8) is 0 Å². The topological polar surface area (TPSA) is 0 Å². The van der Waals surface area contributed by atoms with E-state index in [4.69, 9.17) is 0 Å². The van der Waals surface area contributed by atoms with E-state index in [2.05, 4.69) is 112 Å². The van der Waals surface area contributed by atoms with Crippen molar-refractivity contribution in [1.29, 1.82) is 0 Å². The summed E-state index contributed by atoms with van der Waals surface area (Å²) in [6.07, 6.45) is 0. The number of aryl methyl sites for hydroxylation is 3. The summed E-state index contributed by atoms with van der Waals surface area (Å²) in [5.41, 5.74) is 11.4. The van der Waals surface area contributed by atoms with Crippen molar-refractivity contribution < 1.29 is 0 Å². The molecule has 4 aromatic carbocycles. The van der Waals surface area contributed by atoms with Gasteiger partial charge in [0.25, 0.3) is 0 Å². The van der Waals surface area contributed by atoms with Crippen LogP contribution in [-0.4, -0.2) is 0 Å². The minimum Gasteiger partial charge on any atom is -0.0587 e. The minimum absolute atomic E-state index is 1.25. The Hall–Kier alpha value is -3.12. The number of benzene rings is 4. The van der Waals surface area contributed by atoms with Crippen LogP contribution in [0.25, 0.3) is 33.4 Å². The van der Waals surface area contributed by atoms with Gasteiger partial charge in [-0.05, 0) is 72.4 Å². The van der Waals surface area contributed by atoms with Gasteiger partial charge in [0, 0.05) is 0 Å². The Kier molecular flexibility index (Phi) is 4.64. The molecule has 0 aliphatic carbocycles. The maximum absolute atomic E-state index is 2.30. The zero-order valence-electron chi connectivity index (χ0n) is 16.2. The van der Waals surface area contributed by atoms with Crippen molar-refractivity contribution in [3.8, 4) is 33.4 Å². The molecular formula is C27H24. The molecule has 0 nitrogen and oxygen atoms in total. The van der Waals surface area contributed by atoms with Crippen LogP contribution in [0.5, 0.6) is 0 Å². The molecule has 0 bridgehead atoms. The Morgan fingerprint density at radius 3 is 0.741 bits per heavy atom. The Morgan fingerprint density at radius 1 is 0.296 bits per heavy atom. The largest absolute Gasteiger partial charge is 0.0587 e. The summed E-state index contributed by atoms with van der Waals surface area (Å²) in [5, 5.41) is 0. The van der Waals surface area contributed by atoms with E-state index in [0.717, 1.165) is 0 Å². The molecule has 27 heavy (non-hydrogen) atoms. The standard InChI is InChI=1S/C27H24/c1-19-4-10-22(11-5-19)25-16-26(23-12-6-20(2)7-13-23)18-27(17-25)24-14-8-21(3)9-15-24/h4-18H,1-3H3. The van der Waals surface area contributed by atoms with Crippen LogP contribution in [0, 0.1) is 20.8 Å². The summed E-state index contributed by atoms with van der Waals surface area (Å²) >= 11 is 0. The lowest BCUT2D eigenvalue weighted by Gasteiger charge is -2.12. The lowest BCUT2D eigenvalue weighted by molar-refractivity contribution is 1.45. The highest BCUT2D eigenvalue weighted by molar-refractivity contribution is 5.81. The van der Waals surface area contributed by atoms with E-state index in [1.807, 2.05) is 0 Å². The third-order valence-corrected chi connectivity index (χ3v) is 5.09. The molecule has 0 aliphatic rings. The van der Waals surface area contributed by atoms with Crippen molar-refractivity contribution in [2.24, 2.45) is 0 Å². The van der Waals surface area contributed by atoms with Crippen molar-refractivity contribution in [2.45, 2.75) is 20.8 Å². The van der Waals surface area contributed by atoms with Gasteiger partial charge in [0.1, 0.15) is 0 Å². The quantitative estimate of drug-likeness (QED) is 0.357. The maximum atomic E-state index is 2.30. The molecule has 4 rings (SSSR count). The van der Waals surface area contributed by atoms with Gasteiger partial charge in [0.2, 0.25) is 0 Å². The fourth-order valence-corrected chi connectivity index (χ4v) is 3.37. The van der Waals surface area contributed by atoms with Crippen LogP contribution in [0.1, 0.15) is 16.7 Å². The van der Waals surface area contributed by atoms with Gasteiger partial charge in [0.15, 0.2) is 0 Å². The fraction of sp³-hybridized carbons (Fsp3) is 0.111. The van der Waals surface area contributed by atoms with Crippen LogP contribution in [0.3, 0.4) is 0 Å². The first kappa shape index (κ1) is 17.3. The number of rotatable bonds is 3. The minimum atomic E-state index is 1.25. The normalized spacial score (nSPS) is 10.8. The smallest absolute Gasteiger partial charge is 0.0172 e. The molecule has 0 aromatic heterocycles. The zero-order chi connectivity index (χ0) is 18.8. The first-order valence-corrected chi connectivity index (χ1v) is 9.45. The molecule has 0 spiro atoms. The van der Waals surface area contributed by atoms with E-state index in [-0.39, 0.29) is 0 Å². The lowest BCUT2D eigenvalue weighted by atomic mass is 9.92. The van der Waals surface area contributed by atoms with E-state index in [1.54, 1.807) is 0 Å². The first-order chi connectivity index (χ1) is 13.1. The average Bonchev–Trinajstić information content (AvgIpc) is 2.69. The van der Waals surface area contributed by atoms with Crippen LogP contribution in [0.15, 0.2) is 91.0 Å². The van der Waals surface area contributed by atoms with Crippen LogP contribution in [0.2, 0.25) is 0 Å². The van der Waals surface area contributed by atoms with Crippen molar-refractivity contribution in [1.82, 2.24) is 0 Å². The third-order valence-electron chi connectivity index (χ3n) is 5.09. The Labute approximate surface area is 162 Å². The van der Waals surface area contributed by atoms with Gasteiger partial charge in [-0.15, -0.1) is 0 Å². The predicted octanol–water partition coefficient (Wildman–Crippen LogP) is 7.61. The summed E-state index contributed by atoms with van der Waals surface area (Å²) in [4.78, 5) is 0. The zero-order valence-corrected chi connectivity index (χ0v) is 16.2. The molecule has 0 heteroatoms. The molecule has 0 amide bonds. The van der Waals surface area contributed by atoms with Gasteiger partial charge in [-0.3, -0.25) is 0 Å². The van der Waals surface area contributed by atoms with Gasteiger partial charge in [-0.1, -0.05) is 89.5 Å². The molecule has 0 saturated heterocycles. The Balaban J connectivity index is 1.89. The second kappa shape index (κ2) is 7.25. The van der Waals surface area contributed by atoms with Crippen LogP contribution < -0.4 is 0 Å². The predicted molar refractivity (Wildman–Crippen MR) is 117 cm³/mol. The second-order valence-corrected chi connectivity index (χ2v) is 7.40. The van der Waals surface area contributed by atoms with Crippen LogP contribution in [-0.2, 0) is 0 Å². The molecule has 0 N–H and O–H groups in total. The average molecular weight is 348 g/mol. The second-order valence-electron chi connectivity index (χ2n) is 7.40. The molecule has 0 radical (unpaired) electrons. The summed E-state index contributed by atoms with van der Waals surface area (Å²) in [6.45, 7) is 6.39. The molecule has 0 aliphatic heterocycles. The van der Waals surface area contributed by atoms with E-state index >= 15 is 0 Å². The van der Waals surface area contributed by atoms with Gasteiger partial charge in [-0.2, -0.15) is 0 Å². The monoisotopic (exact) mass is 348 g/mol. The Bertz CT molecular complexity index is 897. The molecule has 4 aromatic rings.